The SMILES string of the molecule is Cc1ccc(C2(C)NC(=O)N(CC(O)c3cccc(F)c3)C2=O)o1. The Morgan fingerprint density at radius 3 is 2.71 bits per heavy atom. The number of aryl methyl sites for hydroxylation is 1. The molecule has 3 amide bonds. The van der Waals surface area contributed by atoms with E-state index in [1.54, 1.807) is 26.0 Å². The second-order valence-electron chi connectivity index (χ2n) is 5.95. The predicted octanol–water partition coefficient (Wildman–Crippen LogP) is 2.23. The van der Waals surface area contributed by atoms with Gasteiger partial charge < -0.3 is 14.8 Å². The second-order valence-corrected chi connectivity index (χ2v) is 5.95. The molecule has 1 saturated heterocycles. The average Bonchev–Trinajstić information content (AvgIpc) is 3.06. The first kappa shape index (κ1) is 16.2. The van der Waals surface area contributed by atoms with Gasteiger partial charge in [0, 0.05) is 0 Å². The van der Waals surface area contributed by atoms with E-state index in [9.17, 15) is 19.1 Å². The zero-order valence-electron chi connectivity index (χ0n) is 13.2. The van der Waals surface area contributed by atoms with Crippen LogP contribution in [0.3, 0.4) is 0 Å². The number of nitrogens with one attached hydrogen (secondary N) is 1. The summed E-state index contributed by atoms with van der Waals surface area (Å²) in [6.45, 7) is 3.00. The molecule has 2 atom stereocenters. The van der Waals surface area contributed by atoms with Crippen molar-refractivity contribution in [2.75, 3.05) is 6.54 Å². The predicted molar refractivity (Wildman–Crippen MR) is 82.4 cm³/mol. The van der Waals surface area contributed by atoms with Gasteiger partial charge in [-0.2, -0.15) is 0 Å². The third kappa shape index (κ3) is 2.67. The molecule has 1 aromatic carbocycles. The van der Waals surface area contributed by atoms with Crippen molar-refractivity contribution in [3.63, 3.8) is 0 Å². The van der Waals surface area contributed by atoms with Crippen LogP contribution in [0.5, 0.6) is 0 Å². The van der Waals surface area contributed by atoms with Gasteiger partial charge in [0.25, 0.3) is 5.91 Å². The van der Waals surface area contributed by atoms with Gasteiger partial charge in [-0.25, -0.2) is 9.18 Å². The number of imide groups is 1. The fraction of sp³-hybridized carbons (Fsp3) is 0.294. The van der Waals surface area contributed by atoms with Gasteiger partial charge in [-0.05, 0) is 43.7 Å². The maximum atomic E-state index is 13.3. The molecule has 0 aliphatic carbocycles. The first-order valence-corrected chi connectivity index (χ1v) is 7.46. The molecule has 0 saturated carbocycles. The highest BCUT2D eigenvalue weighted by atomic mass is 19.1. The van der Waals surface area contributed by atoms with Crippen molar-refractivity contribution < 1.29 is 23.5 Å². The number of urea groups is 1. The fourth-order valence-electron chi connectivity index (χ4n) is 2.73. The summed E-state index contributed by atoms with van der Waals surface area (Å²) < 4.78 is 18.7. The van der Waals surface area contributed by atoms with Crippen LogP contribution in [0.15, 0.2) is 40.8 Å². The van der Waals surface area contributed by atoms with E-state index < -0.39 is 29.4 Å². The topological polar surface area (TPSA) is 82.8 Å². The Morgan fingerprint density at radius 2 is 2.08 bits per heavy atom. The van der Waals surface area contributed by atoms with Crippen LogP contribution in [0, 0.1) is 12.7 Å². The molecule has 1 aliphatic rings. The molecule has 2 heterocycles. The van der Waals surface area contributed by atoms with E-state index in [0.29, 0.717) is 11.5 Å². The minimum Gasteiger partial charge on any atom is -0.463 e. The first-order chi connectivity index (χ1) is 11.3. The van der Waals surface area contributed by atoms with Gasteiger partial charge >= 0.3 is 6.03 Å². The van der Waals surface area contributed by atoms with E-state index in [0.717, 1.165) is 11.0 Å². The molecule has 7 heteroatoms. The minimum atomic E-state index is -1.33. The summed E-state index contributed by atoms with van der Waals surface area (Å²) in [5.74, 6) is -0.0930. The quantitative estimate of drug-likeness (QED) is 0.841. The Balaban J connectivity index is 1.82. The molecule has 24 heavy (non-hydrogen) atoms. The van der Waals surface area contributed by atoms with E-state index >= 15 is 0 Å². The lowest BCUT2D eigenvalue weighted by Crippen LogP contribution is -2.41. The first-order valence-electron chi connectivity index (χ1n) is 7.46. The van der Waals surface area contributed by atoms with Crippen molar-refractivity contribution in [2.45, 2.75) is 25.5 Å². The molecular weight excluding hydrogens is 315 g/mol. The van der Waals surface area contributed by atoms with Crippen LogP contribution >= 0.6 is 0 Å². The number of carbonyl (C=O) groups excluding carboxylic acids is 2. The van der Waals surface area contributed by atoms with Crippen molar-refractivity contribution in [3.05, 3.63) is 59.3 Å². The number of hydrogen-bond donors (Lipinski definition) is 2. The van der Waals surface area contributed by atoms with Crippen molar-refractivity contribution in [3.8, 4) is 0 Å². The van der Waals surface area contributed by atoms with Gasteiger partial charge in [-0.3, -0.25) is 9.69 Å². The number of furan rings is 1. The summed E-state index contributed by atoms with van der Waals surface area (Å²) in [5.41, 5.74) is -1.04. The van der Waals surface area contributed by atoms with E-state index in [1.807, 2.05) is 0 Å². The maximum absolute atomic E-state index is 13.3. The standard InChI is InChI=1S/C17H17FN2O4/c1-10-6-7-14(24-10)17(2)15(22)20(16(23)19-17)9-13(21)11-4-3-5-12(18)8-11/h3-8,13,21H,9H2,1-2H3,(H,19,23). The van der Waals surface area contributed by atoms with Gasteiger partial charge in [0.1, 0.15) is 17.3 Å². The molecule has 126 valence electrons. The molecule has 3 rings (SSSR count). The highest BCUT2D eigenvalue weighted by Gasteiger charge is 2.51. The van der Waals surface area contributed by atoms with E-state index in [4.69, 9.17) is 4.42 Å². The zero-order valence-corrected chi connectivity index (χ0v) is 13.2. The van der Waals surface area contributed by atoms with Crippen molar-refractivity contribution in [1.82, 2.24) is 10.2 Å². The Hall–Kier alpha value is -2.67. The summed E-state index contributed by atoms with van der Waals surface area (Å²) in [4.78, 5) is 25.8. The molecule has 1 aliphatic heterocycles. The lowest BCUT2D eigenvalue weighted by atomic mass is 9.99. The van der Waals surface area contributed by atoms with Crippen molar-refractivity contribution in [1.29, 1.82) is 0 Å². The number of aliphatic hydroxyl groups excluding tert-OH is 1. The lowest BCUT2D eigenvalue weighted by molar-refractivity contribution is -0.132. The molecule has 2 N–H and O–H groups in total. The molecule has 2 aromatic rings. The summed E-state index contributed by atoms with van der Waals surface area (Å²) >= 11 is 0. The van der Waals surface area contributed by atoms with Crippen molar-refractivity contribution >= 4 is 11.9 Å². The number of benzene rings is 1. The van der Waals surface area contributed by atoms with Crippen LogP contribution in [0.4, 0.5) is 9.18 Å². The molecule has 2 unspecified atom stereocenters. The Morgan fingerprint density at radius 1 is 1.33 bits per heavy atom. The Labute approximate surface area is 137 Å². The molecular formula is C17H17FN2O4. The number of β-amino-alcohol motifs (C(OH)–C–C–N with tert-alkyl or cyclic N) is 1. The number of aliphatic hydroxyl groups is 1. The summed E-state index contributed by atoms with van der Waals surface area (Å²) in [6, 6.07) is 8.09. The third-order valence-corrected chi connectivity index (χ3v) is 4.10. The molecule has 1 fully saturated rings. The van der Waals surface area contributed by atoms with Gasteiger partial charge in [0.15, 0.2) is 5.54 Å². The average molecular weight is 332 g/mol. The smallest absolute Gasteiger partial charge is 0.325 e. The van der Waals surface area contributed by atoms with E-state index in [1.165, 1.54) is 18.2 Å². The minimum absolute atomic E-state index is 0.274. The van der Waals surface area contributed by atoms with Gasteiger partial charge in [-0.15, -0.1) is 0 Å². The highest BCUT2D eigenvalue weighted by Crippen LogP contribution is 2.31. The number of rotatable bonds is 4. The van der Waals surface area contributed by atoms with Gasteiger partial charge in [0.2, 0.25) is 0 Å². The van der Waals surface area contributed by atoms with Crippen LogP contribution in [0.1, 0.15) is 30.1 Å². The van der Waals surface area contributed by atoms with Crippen LogP contribution in [-0.4, -0.2) is 28.5 Å². The van der Waals surface area contributed by atoms with Crippen LogP contribution in [0.25, 0.3) is 0 Å². The number of amides is 3. The van der Waals surface area contributed by atoms with Gasteiger partial charge in [-0.1, -0.05) is 12.1 Å². The van der Waals surface area contributed by atoms with Gasteiger partial charge in [0.05, 0.1) is 12.6 Å². The Bertz CT molecular complexity index is 803. The number of halogens is 1. The summed E-state index contributed by atoms with van der Waals surface area (Å²) in [5, 5.41) is 12.8. The van der Waals surface area contributed by atoms with Crippen LogP contribution < -0.4 is 5.32 Å². The normalized spacial score (nSPS) is 21.9. The molecule has 0 radical (unpaired) electrons. The van der Waals surface area contributed by atoms with Crippen LogP contribution in [0.2, 0.25) is 0 Å². The Kier molecular flexibility index (Phi) is 3.88. The molecule has 0 spiro atoms. The fourth-order valence-corrected chi connectivity index (χ4v) is 2.73. The number of hydrogen-bond acceptors (Lipinski definition) is 4. The largest absolute Gasteiger partial charge is 0.463 e. The highest BCUT2D eigenvalue weighted by molar-refractivity contribution is 6.06. The van der Waals surface area contributed by atoms with Crippen LogP contribution in [-0.2, 0) is 10.3 Å². The monoisotopic (exact) mass is 332 g/mol. The second kappa shape index (κ2) is 5.76. The molecule has 6 nitrogen and oxygen atoms in total. The lowest BCUT2D eigenvalue weighted by Gasteiger charge is -2.21. The number of carbonyl (C=O) groups is 2. The third-order valence-electron chi connectivity index (χ3n) is 4.10. The summed E-state index contributed by atoms with van der Waals surface area (Å²) in [6.07, 6.45) is -1.18. The molecule has 1 aromatic heterocycles. The maximum Gasteiger partial charge on any atom is 0.325 e. The van der Waals surface area contributed by atoms with Crippen molar-refractivity contribution in [2.24, 2.45) is 0 Å². The number of nitrogens with zero attached hydrogens (tertiary/aromatic N) is 1. The zero-order chi connectivity index (χ0) is 17.5. The van der Waals surface area contributed by atoms with E-state index in [2.05, 4.69) is 5.32 Å². The van der Waals surface area contributed by atoms with E-state index in [-0.39, 0.29) is 12.1 Å². The summed E-state index contributed by atoms with van der Waals surface area (Å²) in [7, 11) is 0. The molecule has 0 bridgehead atoms.